The first-order valence-corrected chi connectivity index (χ1v) is 9.32. The summed E-state index contributed by atoms with van der Waals surface area (Å²) in [7, 11) is 1.41. The Morgan fingerprint density at radius 2 is 1.82 bits per heavy atom. The Morgan fingerprint density at radius 1 is 1.14 bits per heavy atom. The summed E-state index contributed by atoms with van der Waals surface area (Å²) in [6.45, 7) is 2.51. The van der Waals surface area contributed by atoms with Gasteiger partial charge in [0, 0.05) is 11.5 Å². The number of urea groups is 1. The van der Waals surface area contributed by atoms with E-state index in [4.69, 9.17) is 9.47 Å². The zero-order chi connectivity index (χ0) is 20.3. The number of carbonyl (C=O) groups excluding carboxylic acids is 2. The molecule has 2 aromatic carbocycles. The molecule has 1 fully saturated rings. The molecule has 0 aromatic heterocycles. The van der Waals surface area contributed by atoms with Crippen LogP contribution in [0, 0.1) is 5.82 Å². The van der Waals surface area contributed by atoms with Crippen molar-refractivity contribution >= 4 is 33.9 Å². The molecule has 0 spiro atoms. The number of imide groups is 1. The van der Waals surface area contributed by atoms with Gasteiger partial charge in [-0.25, -0.2) is 9.18 Å². The second-order valence-electron chi connectivity index (χ2n) is 6.02. The molecule has 1 aliphatic heterocycles. The van der Waals surface area contributed by atoms with Crippen LogP contribution >= 0.6 is 15.9 Å². The molecule has 1 heterocycles. The van der Waals surface area contributed by atoms with Gasteiger partial charge in [0.1, 0.15) is 18.1 Å². The lowest BCUT2D eigenvalue weighted by Crippen LogP contribution is -2.25. The predicted octanol–water partition coefficient (Wildman–Crippen LogP) is 4.09. The lowest BCUT2D eigenvalue weighted by Gasteiger charge is -2.14. The summed E-state index contributed by atoms with van der Waals surface area (Å²) in [5, 5.41) is 2.52. The van der Waals surface area contributed by atoms with Gasteiger partial charge in [-0.2, -0.15) is 0 Å². The second-order valence-corrected chi connectivity index (χ2v) is 6.88. The Bertz CT molecular complexity index is 944. The summed E-state index contributed by atoms with van der Waals surface area (Å²) >= 11 is 3.46. The number of carbonyl (C=O) groups is 2. The number of amides is 3. The molecule has 0 unspecified atom stereocenters. The van der Waals surface area contributed by atoms with Crippen LogP contribution in [-0.4, -0.2) is 30.5 Å². The molecule has 1 saturated heterocycles. The Hall–Kier alpha value is -2.87. The van der Waals surface area contributed by atoms with E-state index >= 15 is 0 Å². The molecule has 1 aliphatic rings. The number of ether oxygens (including phenoxy) is 2. The number of hydrogen-bond acceptors (Lipinski definition) is 4. The van der Waals surface area contributed by atoms with Gasteiger partial charge in [0.2, 0.25) is 0 Å². The van der Waals surface area contributed by atoms with Crippen molar-refractivity contribution in [2.75, 3.05) is 13.7 Å². The molecular formula is C20H18BrFN2O4. The SMILES string of the molecule is CCOc1cc(/C=C2/NC(=O)N(C)C2=O)c(Br)cc1OCc1ccc(F)cc1. The van der Waals surface area contributed by atoms with E-state index in [0.29, 0.717) is 28.1 Å². The van der Waals surface area contributed by atoms with Crippen LogP contribution in [0.1, 0.15) is 18.1 Å². The van der Waals surface area contributed by atoms with Gasteiger partial charge >= 0.3 is 6.03 Å². The van der Waals surface area contributed by atoms with E-state index < -0.39 is 11.9 Å². The van der Waals surface area contributed by atoms with Crippen molar-refractivity contribution < 1.29 is 23.5 Å². The highest BCUT2D eigenvalue weighted by Crippen LogP contribution is 2.35. The third-order valence-corrected chi connectivity index (χ3v) is 4.74. The smallest absolute Gasteiger partial charge is 0.328 e. The Kier molecular flexibility index (Phi) is 5.99. The first-order valence-electron chi connectivity index (χ1n) is 8.53. The fourth-order valence-corrected chi connectivity index (χ4v) is 3.00. The number of likely N-dealkylation sites (N-methyl/N-ethyl adjacent to an activating group) is 1. The van der Waals surface area contributed by atoms with Gasteiger partial charge in [0.05, 0.1) is 6.61 Å². The zero-order valence-electron chi connectivity index (χ0n) is 15.3. The van der Waals surface area contributed by atoms with Crippen LogP contribution < -0.4 is 14.8 Å². The quantitative estimate of drug-likeness (QED) is 0.533. The number of nitrogens with zero attached hydrogens (tertiary/aromatic N) is 1. The Labute approximate surface area is 170 Å². The van der Waals surface area contributed by atoms with Crippen LogP contribution in [0.2, 0.25) is 0 Å². The third-order valence-electron chi connectivity index (χ3n) is 4.05. The largest absolute Gasteiger partial charge is 0.490 e. The van der Waals surface area contributed by atoms with Gasteiger partial charge in [-0.3, -0.25) is 9.69 Å². The highest BCUT2D eigenvalue weighted by atomic mass is 79.9. The van der Waals surface area contributed by atoms with Gasteiger partial charge in [-0.15, -0.1) is 0 Å². The van der Waals surface area contributed by atoms with Gasteiger partial charge in [-0.05, 0) is 48.4 Å². The summed E-state index contributed by atoms with van der Waals surface area (Å²) in [6, 6.07) is 9.01. The van der Waals surface area contributed by atoms with Crippen LogP contribution in [0.3, 0.4) is 0 Å². The maximum absolute atomic E-state index is 13.0. The molecular weight excluding hydrogens is 431 g/mol. The monoisotopic (exact) mass is 448 g/mol. The van der Waals surface area contributed by atoms with Crippen molar-refractivity contribution in [3.05, 3.63) is 63.5 Å². The molecule has 2 aromatic rings. The lowest BCUT2D eigenvalue weighted by molar-refractivity contribution is -0.121. The minimum absolute atomic E-state index is 0.177. The summed E-state index contributed by atoms with van der Waals surface area (Å²) in [5.41, 5.74) is 1.64. The standard InChI is InChI=1S/C20H18BrFN2O4/c1-3-27-17-9-13(8-16-19(25)24(2)20(26)23-16)15(21)10-18(17)28-11-12-4-6-14(22)7-5-12/h4-10H,3,11H2,1-2H3,(H,23,26)/b16-8+. The summed E-state index contributed by atoms with van der Waals surface area (Å²) < 4.78 is 25.2. The van der Waals surface area contributed by atoms with Gasteiger partial charge < -0.3 is 14.8 Å². The highest BCUT2D eigenvalue weighted by Gasteiger charge is 2.30. The molecule has 3 rings (SSSR count). The molecule has 0 bridgehead atoms. The minimum Gasteiger partial charge on any atom is -0.490 e. The Morgan fingerprint density at radius 3 is 2.43 bits per heavy atom. The first-order chi connectivity index (χ1) is 13.4. The molecule has 0 atom stereocenters. The van der Waals surface area contributed by atoms with Gasteiger partial charge in [0.15, 0.2) is 11.5 Å². The van der Waals surface area contributed by atoms with Crippen molar-refractivity contribution in [1.82, 2.24) is 10.2 Å². The van der Waals surface area contributed by atoms with Crippen LogP contribution in [-0.2, 0) is 11.4 Å². The maximum atomic E-state index is 13.0. The van der Waals surface area contributed by atoms with E-state index in [9.17, 15) is 14.0 Å². The van der Waals surface area contributed by atoms with E-state index in [1.807, 2.05) is 6.92 Å². The lowest BCUT2D eigenvalue weighted by atomic mass is 10.1. The fraction of sp³-hybridized carbons (Fsp3) is 0.200. The average molecular weight is 449 g/mol. The number of hydrogen-bond donors (Lipinski definition) is 1. The van der Waals surface area contributed by atoms with Crippen molar-refractivity contribution in [2.24, 2.45) is 0 Å². The molecule has 0 saturated carbocycles. The van der Waals surface area contributed by atoms with Crippen molar-refractivity contribution in [3.63, 3.8) is 0 Å². The number of benzene rings is 2. The predicted molar refractivity (Wildman–Crippen MR) is 105 cm³/mol. The number of nitrogens with one attached hydrogen (secondary N) is 1. The van der Waals surface area contributed by atoms with Crippen molar-refractivity contribution in [1.29, 1.82) is 0 Å². The highest BCUT2D eigenvalue weighted by molar-refractivity contribution is 9.10. The van der Waals surface area contributed by atoms with Crippen LogP contribution in [0.25, 0.3) is 6.08 Å². The summed E-state index contributed by atoms with van der Waals surface area (Å²) in [4.78, 5) is 24.7. The van der Waals surface area contributed by atoms with E-state index in [-0.39, 0.29) is 18.1 Å². The molecule has 8 heteroatoms. The molecule has 3 amide bonds. The fourth-order valence-electron chi connectivity index (χ4n) is 2.56. The van der Waals surface area contributed by atoms with E-state index in [0.717, 1.165) is 10.5 Å². The second kappa shape index (κ2) is 8.43. The summed E-state index contributed by atoms with van der Waals surface area (Å²) in [6.07, 6.45) is 1.57. The average Bonchev–Trinajstić information content (AvgIpc) is 2.91. The maximum Gasteiger partial charge on any atom is 0.328 e. The molecule has 0 aliphatic carbocycles. The van der Waals surface area contributed by atoms with Crippen LogP contribution in [0.4, 0.5) is 9.18 Å². The Balaban J connectivity index is 1.86. The van der Waals surface area contributed by atoms with E-state index in [1.54, 1.807) is 30.3 Å². The molecule has 0 radical (unpaired) electrons. The van der Waals surface area contributed by atoms with Crippen LogP contribution in [0.15, 0.2) is 46.6 Å². The molecule has 1 N–H and O–H groups in total. The minimum atomic E-state index is -0.475. The zero-order valence-corrected chi connectivity index (χ0v) is 16.9. The summed E-state index contributed by atoms with van der Waals surface area (Å²) in [5.74, 6) is 0.272. The number of rotatable bonds is 6. The first kappa shape index (κ1) is 19.9. The van der Waals surface area contributed by atoms with Crippen molar-refractivity contribution in [3.8, 4) is 11.5 Å². The molecule has 6 nitrogen and oxygen atoms in total. The molecule has 146 valence electrons. The van der Waals surface area contributed by atoms with Gasteiger partial charge in [0.25, 0.3) is 5.91 Å². The van der Waals surface area contributed by atoms with E-state index in [2.05, 4.69) is 21.2 Å². The molecule has 28 heavy (non-hydrogen) atoms. The normalized spacial score (nSPS) is 15.1. The van der Waals surface area contributed by atoms with Gasteiger partial charge in [-0.1, -0.05) is 28.1 Å². The topological polar surface area (TPSA) is 67.9 Å². The third kappa shape index (κ3) is 4.33. The number of halogens is 2. The van der Waals surface area contributed by atoms with E-state index in [1.165, 1.54) is 19.2 Å². The van der Waals surface area contributed by atoms with Crippen LogP contribution in [0.5, 0.6) is 11.5 Å². The van der Waals surface area contributed by atoms with Crippen molar-refractivity contribution in [2.45, 2.75) is 13.5 Å².